The molecule has 4 N–H and O–H groups in total. The van der Waals surface area contributed by atoms with E-state index in [2.05, 4.69) is 0 Å². The van der Waals surface area contributed by atoms with Gasteiger partial charge in [0.15, 0.2) is 0 Å². The van der Waals surface area contributed by atoms with Gasteiger partial charge in [-0.15, -0.1) is 0 Å². The predicted octanol–water partition coefficient (Wildman–Crippen LogP) is -2.60. The van der Waals surface area contributed by atoms with Crippen molar-refractivity contribution in [2.45, 2.75) is 4.27 Å². The summed E-state index contributed by atoms with van der Waals surface area (Å²) < 4.78 is 54.1. The van der Waals surface area contributed by atoms with Crippen LogP contribution in [0.5, 0.6) is 0 Å². The predicted molar refractivity (Wildman–Crippen MR) is 42.9 cm³/mol. The number of hydrogen-bond donors (Lipinski definition) is 4. The summed E-state index contributed by atoms with van der Waals surface area (Å²) in [6.45, 7) is -0.965. The maximum atomic E-state index is 10.4. The molecule has 0 aliphatic carbocycles. The summed E-state index contributed by atoms with van der Waals surface area (Å²) in [6.07, 6.45) is 0. The van der Waals surface area contributed by atoms with Gasteiger partial charge < -0.3 is 10.2 Å². The van der Waals surface area contributed by atoms with Crippen LogP contribution in [0.3, 0.4) is 0 Å². The molecule has 0 saturated heterocycles. The molecule has 0 radical (unpaired) electrons. The first kappa shape index (κ1) is 13.3. The summed E-state index contributed by atoms with van der Waals surface area (Å²) in [6, 6.07) is 0. The Kier molecular flexibility index (Phi) is 3.62. The second-order valence-electron chi connectivity index (χ2n) is 1.99. The second-order valence-corrected chi connectivity index (χ2v) is 5.33. The van der Waals surface area contributed by atoms with Gasteiger partial charge in [-0.1, -0.05) is 5.92 Å². The van der Waals surface area contributed by atoms with E-state index >= 15 is 0 Å². The Bertz CT molecular complexity index is 427. The van der Waals surface area contributed by atoms with Crippen molar-refractivity contribution in [1.82, 2.24) is 0 Å². The molecular weight excluding hydrogens is 240 g/mol. The summed E-state index contributed by atoms with van der Waals surface area (Å²) >= 11 is 0. The molecule has 0 aromatic carbocycles. The van der Waals surface area contributed by atoms with Crippen LogP contribution in [-0.4, -0.2) is 47.0 Å². The van der Waals surface area contributed by atoms with Crippen molar-refractivity contribution in [3.63, 3.8) is 0 Å². The zero-order chi connectivity index (χ0) is 11.6. The molecule has 14 heavy (non-hydrogen) atoms. The maximum Gasteiger partial charge on any atom is 0.381 e. The van der Waals surface area contributed by atoms with Crippen LogP contribution in [0, 0.1) is 11.8 Å². The van der Waals surface area contributed by atoms with Gasteiger partial charge in [-0.05, 0) is 5.92 Å². The maximum absolute atomic E-state index is 10.4. The molecule has 0 bridgehead atoms. The van der Waals surface area contributed by atoms with E-state index in [-0.39, 0.29) is 0 Å². The Morgan fingerprint density at radius 2 is 1.43 bits per heavy atom. The third kappa shape index (κ3) is 2.41. The van der Waals surface area contributed by atoms with E-state index in [4.69, 9.17) is 19.3 Å². The Hall–Kier alpha value is -0.700. The van der Waals surface area contributed by atoms with E-state index in [0.717, 1.165) is 5.92 Å². The van der Waals surface area contributed by atoms with E-state index < -0.39 is 31.1 Å². The summed E-state index contributed by atoms with van der Waals surface area (Å²) in [7, 11) is -11.1. The standard InChI is InChI=1S/C4H6O8S2/c5-3-1-2-4(6,13(7,8)9)14(10,11)12/h5-6H,3H2,(H,7,8,9)(H,10,11,12). The van der Waals surface area contributed by atoms with Crippen molar-refractivity contribution in [3.05, 3.63) is 0 Å². The van der Waals surface area contributed by atoms with Gasteiger partial charge in [0.2, 0.25) is 0 Å². The van der Waals surface area contributed by atoms with Crippen molar-refractivity contribution >= 4 is 20.2 Å². The molecule has 0 amide bonds. The van der Waals surface area contributed by atoms with Crippen molar-refractivity contribution in [2.24, 2.45) is 0 Å². The molecule has 0 aliphatic rings. The summed E-state index contributed by atoms with van der Waals surface area (Å²) in [4.78, 5) is 0. The van der Waals surface area contributed by atoms with Crippen LogP contribution >= 0.6 is 0 Å². The highest BCUT2D eigenvalue weighted by molar-refractivity contribution is 8.05. The zero-order valence-electron chi connectivity index (χ0n) is 6.45. The first-order valence-electron chi connectivity index (χ1n) is 2.83. The molecule has 8 nitrogen and oxygen atoms in total. The fourth-order valence-corrected chi connectivity index (χ4v) is 1.88. The van der Waals surface area contributed by atoms with Gasteiger partial charge in [0, 0.05) is 0 Å². The number of aliphatic hydroxyl groups is 2. The fraction of sp³-hybridized carbons (Fsp3) is 0.500. The lowest BCUT2D eigenvalue weighted by Crippen LogP contribution is -2.44. The topological polar surface area (TPSA) is 149 Å². The largest absolute Gasteiger partial charge is 0.384 e. The lowest BCUT2D eigenvalue weighted by atomic mass is 10.6. The van der Waals surface area contributed by atoms with Crippen LogP contribution < -0.4 is 0 Å². The van der Waals surface area contributed by atoms with Crippen molar-refractivity contribution < 1.29 is 36.2 Å². The quantitative estimate of drug-likeness (QED) is 0.306. The number of rotatable bonds is 2. The monoisotopic (exact) mass is 246 g/mol. The lowest BCUT2D eigenvalue weighted by Gasteiger charge is -2.13. The van der Waals surface area contributed by atoms with Crippen LogP contribution in [0.4, 0.5) is 0 Å². The van der Waals surface area contributed by atoms with E-state index in [1.54, 1.807) is 0 Å². The Labute approximate surface area is 79.7 Å². The molecule has 0 aromatic rings. The number of hydrogen-bond acceptors (Lipinski definition) is 6. The third-order valence-corrected chi connectivity index (χ3v) is 3.89. The highest BCUT2D eigenvalue weighted by Gasteiger charge is 2.52. The van der Waals surface area contributed by atoms with Crippen molar-refractivity contribution in [3.8, 4) is 11.8 Å². The van der Waals surface area contributed by atoms with Gasteiger partial charge in [-0.25, -0.2) is 0 Å². The van der Waals surface area contributed by atoms with Crippen molar-refractivity contribution in [1.29, 1.82) is 0 Å². The van der Waals surface area contributed by atoms with Gasteiger partial charge in [0.05, 0.1) is 0 Å². The second kappa shape index (κ2) is 3.81. The SMILES string of the molecule is O=S(=O)(O)C(O)(C#CCO)S(=O)(=O)O. The fourth-order valence-electron chi connectivity index (χ4n) is 0.413. The minimum Gasteiger partial charge on any atom is -0.384 e. The molecule has 0 atom stereocenters. The van der Waals surface area contributed by atoms with Crippen LogP contribution in [-0.2, 0) is 20.2 Å². The molecule has 0 heterocycles. The molecule has 0 rings (SSSR count). The van der Waals surface area contributed by atoms with Gasteiger partial charge in [0.25, 0.3) is 0 Å². The van der Waals surface area contributed by atoms with E-state index in [9.17, 15) is 16.8 Å². The molecule has 0 saturated carbocycles. The van der Waals surface area contributed by atoms with Crippen LogP contribution in [0.1, 0.15) is 0 Å². The highest BCUT2D eigenvalue weighted by atomic mass is 32.3. The first-order chi connectivity index (χ1) is 6.06. The molecule has 0 aliphatic heterocycles. The Balaban J connectivity index is 5.80. The van der Waals surface area contributed by atoms with E-state index in [1.165, 1.54) is 5.92 Å². The number of aliphatic hydroxyl groups excluding tert-OH is 1. The van der Waals surface area contributed by atoms with Gasteiger partial charge in [-0.2, -0.15) is 16.8 Å². The van der Waals surface area contributed by atoms with E-state index in [0.29, 0.717) is 0 Å². The minimum atomic E-state index is -5.56. The van der Waals surface area contributed by atoms with Crippen LogP contribution in [0.15, 0.2) is 0 Å². The van der Waals surface area contributed by atoms with Crippen LogP contribution in [0.2, 0.25) is 0 Å². The normalized spacial score (nSPS) is 13.1. The molecule has 0 spiro atoms. The van der Waals surface area contributed by atoms with Gasteiger partial charge >= 0.3 is 24.5 Å². The van der Waals surface area contributed by atoms with Crippen molar-refractivity contribution in [2.75, 3.05) is 6.61 Å². The van der Waals surface area contributed by atoms with Gasteiger partial charge in [0.1, 0.15) is 6.61 Å². The summed E-state index contributed by atoms with van der Waals surface area (Å²) in [5.74, 6) is 2.58. The average molecular weight is 246 g/mol. The molecule has 10 heteroatoms. The minimum absolute atomic E-state index is 0.965. The Morgan fingerprint density at radius 1 is 1.07 bits per heavy atom. The third-order valence-electron chi connectivity index (χ3n) is 1.02. The summed E-state index contributed by atoms with van der Waals surface area (Å²) in [5, 5.41) is 17.0. The zero-order valence-corrected chi connectivity index (χ0v) is 8.08. The lowest BCUT2D eigenvalue weighted by molar-refractivity contribution is 0.227. The smallest absolute Gasteiger partial charge is 0.381 e. The average Bonchev–Trinajstić information content (AvgIpc) is 1.95. The molecule has 82 valence electrons. The molecular formula is C4H6O8S2. The molecule has 0 unspecified atom stereocenters. The highest BCUT2D eigenvalue weighted by Crippen LogP contribution is 2.18. The molecule has 0 fully saturated rings. The molecule has 0 aromatic heterocycles. The van der Waals surface area contributed by atoms with Crippen LogP contribution in [0.25, 0.3) is 0 Å². The Morgan fingerprint density at radius 3 is 1.64 bits per heavy atom. The first-order valence-corrected chi connectivity index (χ1v) is 5.71. The van der Waals surface area contributed by atoms with Gasteiger partial charge in [-0.3, -0.25) is 9.11 Å². The summed E-state index contributed by atoms with van der Waals surface area (Å²) in [5.41, 5.74) is 0. The van der Waals surface area contributed by atoms with E-state index in [1.807, 2.05) is 0 Å².